The number of aryl methyl sites for hydroxylation is 1. The molecular weight excluding hydrogens is 254 g/mol. The number of hydrogen-bond donors (Lipinski definition) is 0. The molecule has 0 bridgehead atoms. The Morgan fingerprint density at radius 3 is 2.73 bits per heavy atom. The summed E-state index contributed by atoms with van der Waals surface area (Å²) in [4.78, 5) is 4.29. The Hall–Kier alpha value is -1.16. The van der Waals surface area contributed by atoms with Crippen LogP contribution in [0.3, 0.4) is 0 Å². The molecule has 3 nitrogen and oxygen atoms in total. The number of rotatable bonds is 2. The minimum Gasteiger partial charge on any atom is -0.268 e. The first-order chi connectivity index (χ1) is 7.24. The molecule has 0 saturated heterocycles. The summed E-state index contributed by atoms with van der Waals surface area (Å²) in [6.45, 7) is 5.00. The summed E-state index contributed by atoms with van der Waals surface area (Å²) in [5.41, 5.74) is 2.95. The monoisotopic (exact) mass is 265 g/mol. The van der Waals surface area contributed by atoms with Crippen LogP contribution in [0.4, 0.5) is 0 Å². The van der Waals surface area contributed by atoms with Crippen molar-refractivity contribution < 1.29 is 0 Å². The van der Waals surface area contributed by atoms with Crippen molar-refractivity contribution in [3.05, 3.63) is 34.6 Å². The third kappa shape index (κ3) is 1.81. The van der Waals surface area contributed by atoms with E-state index in [4.69, 9.17) is 0 Å². The Labute approximate surface area is 97.3 Å². The quantitative estimate of drug-likeness (QED) is 0.836. The Kier molecular flexibility index (Phi) is 2.86. The van der Waals surface area contributed by atoms with Crippen LogP contribution in [0.2, 0.25) is 0 Å². The highest BCUT2D eigenvalue weighted by atomic mass is 79.9. The predicted molar refractivity (Wildman–Crippen MR) is 63.6 cm³/mol. The minimum atomic E-state index is 0.872. The lowest BCUT2D eigenvalue weighted by atomic mass is 10.2. The molecule has 2 heterocycles. The highest BCUT2D eigenvalue weighted by Gasteiger charge is 2.13. The lowest BCUT2D eigenvalue weighted by Gasteiger charge is -1.96. The lowest BCUT2D eigenvalue weighted by molar-refractivity contribution is 0.641. The summed E-state index contributed by atoms with van der Waals surface area (Å²) in [6, 6.07) is 5.84. The zero-order valence-corrected chi connectivity index (χ0v) is 10.3. The average molecular weight is 266 g/mol. The van der Waals surface area contributed by atoms with Crippen LogP contribution in [0.5, 0.6) is 0 Å². The number of halogens is 1. The zero-order chi connectivity index (χ0) is 10.8. The third-order valence-electron chi connectivity index (χ3n) is 2.34. The molecule has 4 heteroatoms. The van der Waals surface area contributed by atoms with E-state index in [-0.39, 0.29) is 0 Å². The third-order valence-corrected chi connectivity index (χ3v) is 3.29. The minimum absolute atomic E-state index is 0.872. The van der Waals surface area contributed by atoms with Gasteiger partial charge in [0.2, 0.25) is 0 Å². The summed E-state index contributed by atoms with van der Waals surface area (Å²) in [7, 11) is 0. The smallest absolute Gasteiger partial charge is 0.125 e. The zero-order valence-electron chi connectivity index (χ0n) is 8.74. The lowest BCUT2D eigenvalue weighted by Crippen LogP contribution is -1.98. The molecule has 0 aliphatic rings. The van der Waals surface area contributed by atoms with Gasteiger partial charge < -0.3 is 0 Å². The normalized spacial score (nSPS) is 10.6. The van der Waals surface area contributed by atoms with Gasteiger partial charge in [-0.2, -0.15) is 5.10 Å². The molecule has 0 spiro atoms. The second-order valence-corrected chi connectivity index (χ2v) is 4.07. The summed E-state index contributed by atoms with van der Waals surface area (Å²) in [5, 5.41) is 4.51. The van der Waals surface area contributed by atoms with Crippen molar-refractivity contribution >= 4 is 15.9 Å². The standard InChI is InChI=1S/C11H12BrN3/c1-3-15-8(2)10(12)11(14-15)9-6-4-5-7-13-9/h4-7H,3H2,1-2H3. The second kappa shape index (κ2) is 4.14. The van der Waals surface area contributed by atoms with Crippen molar-refractivity contribution in [2.75, 3.05) is 0 Å². The Morgan fingerprint density at radius 2 is 2.20 bits per heavy atom. The highest BCUT2D eigenvalue weighted by Crippen LogP contribution is 2.28. The van der Waals surface area contributed by atoms with E-state index in [0.717, 1.165) is 28.1 Å². The van der Waals surface area contributed by atoms with E-state index in [2.05, 4.69) is 32.9 Å². The number of aromatic nitrogens is 3. The first kappa shape index (κ1) is 10.4. The molecule has 2 aromatic heterocycles. The maximum Gasteiger partial charge on any atom is 0.125 e. The Balaban J connectivity index is 2.55. The van der Waals surface area contributed by atoms with E-state index in [0.29, 0.717) is 0 Å². The maximum atomic E-state index is 4.51. The molecule has 2 aromatic rings. The van der Waals surface area contributed by atoms with Crippen LogP contribution in [-0.4, -0.2) is 14.8 Å². The summed E-state index contributed by atoms with van der Waals surface area (Å²) in [6.07, 6.45) is 1.78. The van der Waals surface area contributed by atoms with Crippen LogP contribution in [0.15, 0.2) is 28.9 Å². The van der Waals surface area contributed by atoms with Gasteiger partial charge >= 0.3 is 0 Å². The van der Waals surface area contributed by atoms with Gasteiger partial charge in [0.05, 0.1) is 15.9 Å². The van der Waals surface area contributed by atoms with Crippen molar-refractivity contribution in [3.8, 4) is 11.4 Å². The van der Waals surface area contributed by atoms with Gasteiger partial charge in [0, 0.05) is 12.7 Å². The van der Waals surface area contributed by atoms with Gasteiger partial charge in [0.25, 0.3) is 0 Å². The van der Waals surface area contributed by atoms with Gasteiger partial charge in [-0.3, -0.25) is 9.67 Å². The molecule has 0 N–H and O–H groups in total. The maximum absolute atomic E-state index is 4.51. The first-order valence-electron chi connectivity index (χ1n) is 4.88. The fourth-order valence-electron chi connectivity index (χ4n) is 1.50. The molecule has 0 aliphatic carbocycles. The van der Waals surface area contributed by atoms with Crippen molar-refractivity contribution in [3.63, 3.8) is 0 Å². The molecule has 0 amide bonds. The SMILES string of the molecule is CCn1nc(-c2ccccn2)c(Br)c1C. The van der Waals surface area contributed by atoms with Crippen LogP contribution in [-0.2, 0) is 6.54 Å². The molecule has 78 valence electrons. The first-order valence-corrected chi connectivity index (χ1v) is 5.67. The molecule has 0 saturated carbocycles. The van der Waals surface area contributed by atoms with Crippen LogP contribution >= 0.6 is 15.9 Å². The van der Waals surface area contributed by atoms with Crippen molar-refractivity contribution in [2.24, 2.45) is 0 Å². The number of nitrogens with zero attached hydrogens (tertiary/aromatic N) is 3. The Morgan fingerprint density at radius 1 is 1.40 bits per heavy atom. The molecule has 0 fully saturated rings. The van der Waals surface area contributed by atoms with E-state index < -0.39 is 0 Å². The molecule has 0 aromatic carbocycles. The van der Waals surface area contributed by atoms with Crippen LogP contribution in [0.1, 0.15) is 12.6 Å². The molecule has 15 heavy (non-hydrogen) atoms. The molecule has 0 unspecified atom stereocenters. The van der Waals surface area contributed by atoms with Crippen LogP contribution in [0.25, 0.3) is 11.4 Å². The summed E-state index contributed by atoms with van der Waals surface area (Å²) >= 11 is 3.56. The summed E-state index contributed by atoms with van der Waals surface area (Å²) in [5.74, 6) is 0. The van der Waals surface area contributed by atoms with Crippen LogP contribution < -0.4 is 0 Å². The fraction of sp³-hybridized carbons (Fsp3) is 0.273. The number of pyridine rings is 1. The van der Waals surface area contributed by atoms with Gasteiger partial charge in [-0.25, -0.2) is 0 Å². The van der Waals surface area contributed by atoms with Gasteiger partial charge in [0.1, 0.15) is 5.69 Å². The van der Waals surface area contributed by atoms with E-state index in [1.807, 2.05) is 29.8 Å². The molecule has 0 atom stereocenters. The van der Waals surface area contributed by atoms with Crippen molar-refractivity contribution in [2.45, 2.75) is 20.4 Å². The second-order valence-electron chi connectivity index (χ2n) is 3.28. The number of hydrogen-bond acceptors (Lipinski definition) is 2. The van der Waals surface area contributed by atoms with Crippen molar-refractivity contribution in [1.82, 2.24) is 14.8 Å². The van der Waals surface area contributed by atoms with Crippen molar-refractivity contribution in [1.29, 1.82) is 0 Å². The van der Waals surface area contributed by atoms with E-state index in [1.165, 1.54) is 0 Å². The molecular formula is C11H12BrN3. The fourth-order valence-corrected chi connectivity index (χ4v) is 1.99. The Bertz CT molecular complexity index is 462. The largest absolute Gasteiger partial charge is 0.268 e. The molecule has 0 aliphatic heterocycles. The van der Waals surface area contributed by atoms with E-state index in [1.54, 1.807) is 6.20 Å². The predicted octanol–water partition coefficient (Wildman–Crippen LogP) is 3.04. The highest BCUT2D eigenvalue weighted by molar-refractivity contribution is 9.10. The van der Waals surface area contributed by atoms with E-state index in [9.17, 15) is 0 Å². The van der Waals surface area contributed by atoms with Gasteiger partial charge in [-0.15, -0.1) is 0 Å². The summed E-state index contributed by atoms with van der Waals surface area (Å²) < 4.78 is 3.00. The topological polar surface area (TPSA) is 30.7 Å². The van der Waals surface area contributed by atoms with Gasteiger partial charge in [-0.05, 0) is 41.9 Å². The van der Waals surface area contributed by atoms with Crippen LogP contribution in [0, 0.1) is 6.92 Å². The average Bonchev–Trinajstić information content (AvgIpc) is 2.57. The van der Waals surface area contributed by atoms with Gasteiger partial charge in [-0.1, -0.05) is 6.07 Å². The molecule has 0 radical (unpaired) electrons. The van der Waals surface area contributed by atoms with Gasteiger partial charge in [0.15, 0.2) is 0 Å². The van der Waals surface area contributed by atoms with E-state index >= 15 is 0 Å². The molecule has 2 rings (SSSR count).